The summed E-state index contributed by atoms with van der Waals surface area (Å²) < 4.78 is 4.94. The van der Waals surface area contributed by atoms with Crippen molar-refractivity contribution in [2.45, 2.75) is 24.8 Å². The van der Waals surface area contributed by atoms with Crippen LogP contribution in [0.2, 0.25) is 0 Å². The summed E-state index contributed by atoms with van der Waals surface area (Å²) in [5.41, 5.74) is 1.09. The van der Waals surface area contributed by atoms with Crippen molar-refractivity contribution in [2.75, 3.05) is 35.7 Å². The molecular formula is C19H22N4O3S. The van der Waals surface area contributed by atoms with Gasteiger partial charge in [0.1, 0.15) is 17.2 Å². The fourth-order valence-corrected chi connectivity index (χ4v) is 3.43. The highest BCUT2D eigenvalue weighted by Gasteiger charge is 2.14. The van der Waals surface area contributed by atoms with E-state index in [2.05, 4.69) is 20.2 Å². The molecule has 27 heavy (non-hydrogen) atoms. The van der Waals surface area contributed by atoms with Gasteiger partial charge in [0.15, 0.2) is 0 Å². The normalized spacial score (nSPS) is 13.4. The van der Waals surface area contributed by atoms with Gasteiger partial charge in [-0.05, 0) is 44.0 Å². The maximum Gasteiger partial charge on any atom is 0.338 e. The number of benzene rings is 1. The Balaban J connectivity index is 1.51. The third-order valence-electron chi connectivity index (χ3n) is 4.09. The van der Waals surface area contributed by atoms with Gasteiger partial charge in [-0.1, -0.05) is 11.8 Å². The van der Waals surface area contributed by atoms with E-state index >= 15 is 0 Å². The van der Waals surface area contributed by atoms with Crippen molar-refractivity contribution in [3.63, 3.8) is 0 Å². The van der Waals surface area contributed by atoms with E-state index in [-0.39, 0.29) is 17.6 Å². The van der Waals surface area contributed by atoms with E-state index in [0.717, 1.165) is 23.9 Å². The minimum atomic E-state index is -0.372. The largest absolute Gasteiger partial charge is 0.462 e. The van der Waals surface area contributed by atoms with Crippen LogP contribution in [0.5, 0.6) is 0 Å². The molecule has 1 fully saturated rings. The third kappa shape index (κ3) is 5.43. The van der Waals surface area contributed by atoms with Gasteiger partial charge < -0.3 is 15.0 Å². The number of nitrogens with zero attached hydrogens (tertiary/aromatic N) is 3. The average Bonchev–Trinajstić information content (AvgIpc) is 3.22. The molecule has 0 spiro atoms. The molecule has 1 N–H and O–H groups in total. The topological polar surface area (TPSA) is 84.4 Å². The minimum Gasteiger partial charge on any atom is -0.462 e. The Morgan fingerprint density at radius 3 is 2.63 bits per heavy atom. The second-order valence-electron chi connectivity index (χ2n) is 6.04. The summed E-state index contributed by atoms with van der Waals surface area (Å²) in [5, 5.41) is 3.59. The molecule has 0 aliphatic carbocycles. The van der Waals surface area contributed by atoms with Gasteiger partial charge in [0.2, 0.25) is 5.91 Å². The predicted octanol–water partition coefficient (Wildman–Crippen LogP) is 2.98. The lowest BCUT2D eigenvalue weighted by atomic mass is 10.2. The van der Waals surface area contributed by atoms with Crippen LogP contribution in [0.3, 0.4) is 0 Å². The van der Waals surface area contributed by atoms with Crippen molar-refractivity contribution in [3.05, 3.63) is 42.2 Å². The number of aromatic nitrogens is 2. The number of carbonyl (C=O) groups excluding carboxylic acids is 2. The number of thioether (sulfide) groups is 1. The number of amides is 1. The third-order valence-corrected chi connectivity index (χ3v) is 5.01. The van der Waals surface area contributed by atoms with E-state index in [9.17, 15) is 9.59 Å². The molecule has 1 aliphatic rings. The van der Waals surface area contributed by atoms with Crippen LogP contribution < -0.4 is 10.2 Å². The fourth-order valence-electron chi connectivity index (χ4n) is 2.77. The van der Waals surface area contributed by atoms with Gasteiger partial charge in [0.05, 0.1) is 17.9 Å². The molecule has 3 rings (SSSR count). The van der Waals surface area contributed by atoms with E-state index in [4.69, 9.17) is 4.74 Å². The molecule has 1 saturated heterocycles. The first-order valence-electron chi connectivity index (χ1n) is 8.92. The van der Waals surface area contributed by atoms with Crippen molar-refractivity contribution in [3.8, 4) is 0 Å². The number of esters is 1. The molecule has 2 aromatic rings. The summed E-state index contributed by atoms with van der Waals surface area (Å²) in [5.74, 6) is 0.657. The molecule has 1 aliphatic heterocycles. The summed E-state index contributed by atoms with van der Waals surface area (Å²) in [4.78, 5) is 34.6. The summed E-state index contributed by atoms with van der Waals surface area (Å²) >= 11 is 1.37. The second-order valence-corrected chi connectivity index (χ2v) is 7.04. The van der Waals surface area contributed by atoms with Crippen LogP contribution in [0.1, 0.15) is 30.1 Å². The average molecular weight is 386 g/mol. The van der Waals surface area contributed by atoms with Crippen LogP contribution in [0, 0.1) is 0 Å². The van der Waals surface area contributed by atoms with Crippen molar-refractivity contribution in [2.24, 2.45) is 0 Å². The van der Waals surface area contributed by atoms with Gasteiger partial charge in [-0.3, -0.25) is 4.79 Å². The molecule has 0 saturated carbocycles. The lowest BCUT2D eigenvalue weighted by Crippen LogP contribution is -2.19. The van der Waals surface area contributed by atoms with Crippen LogP contribution in [0.4, 0.5) is 11.5 Å². The number of ether oxygens (including phenoxy) is 1. The SMILES string of the molecule is CCOC(=O)c1ccc(NC(=O)CSc2cc(N3CCCC3)ncn2)cc1. The Labute approximate surface area is 162 Å². The Hall–Kier alpha value is -2.61. The van der Waals surface area contributed by atoms with Gasteiger partial charge in [-0.25, -0.2) is 14.8 Å². The van der Waals surface area contributed by atoms with Crippen LogP contribution in [-0.4, -0.2) is 47.3 Å². The van der Waals surface area contributed by atoms with E-state index in [1.807, 2.05) is 6.07 Å². The Morgan fingerprint density at radius 1 is 1.19 bits per heavy atom. The standard InChI is InChI=1S/C19H22N4O3S/c1-2-26-19(25)14-5-7-15(8-6-14)22-17(24)12-27-18-11-16(20-13-21-18)23-9-3-4-10-23/h5-8,11,13H,2-4,9-10,12H2,1H3,(H,22,24). The lowest BCUT2D eigenvalue weighted by molar-refractivity contribution is -0.113. The van der Waals surface area contributed by atoms with E-state index in [0.29, 0.717) is 17.9 Å². The van der Waals surface area contributed by atoms with Gasteiger partial charge in [-0.15, -0.1) is 0 Å². The van der Waals surface area contributed by atoms with Crippen LogP contribution in [-0.2, 0) is 9.53 Å². The number of hydrogen-bond donors (Lipinski definition) is 1. The van der Waals surface area contributed by atoms with Crippen LogP contribution in [0.15, 0.2) is 41.7 Å². The molecule has 0 unspecified atom stereocenters. The Bertz CT molecular complexity index is 792. The first-order chi connectivity index (χ1) is 13.2. The van der Waals surface area contributed by atoms with E-state index in [1.54, 1.807) is 37.5 Å². The van der Waals surface area contributed by atoms with Crippen molar-refractivity contribution in [1.29, 1.82) is 0 Å². The smallest absolute Gasteiger partial charge is 0.338 e. The summed E-state index contributed by atoms with van der Waals surface area (Å²) in [7, 11) is 0. The van der Waals surface area contributed by atoms with E-state index in [1.165, 1.54) is 24.6 Å². The van der Waals surface area contributed by atoms with Crippen molar-refractivity contribution < 1.29 is 14.3 Å². The highest BCUT2D eigenvalue weighted by atomic mass is 32.2. The molecule has 1 amide bonds. The van der Waals surface area contributed by atoms with Crippen LogP contribution in [0.25, 0.3) is 0 Å². The summed E-state index contributed by atoms with van der Waals surface area (Å²) in [6.07, 6.45) is 3.91. The molecule has 0 bridgehead atoms. The molecule has 1 aromatic carbocycles. The fraction of sp³-hybridized carbons (Fsp3) is 0.368. The number of nitrogens with one attached hydrogen (secondary N) is 1. The van der Waals surface area contributed by atoms with E-state index < -0.39 is 0 Å². The molecular weight excluding hydrogens is 364 g/mol. The van der Waals surface area contributed by atoms with Gasteiger partial charge >= 0.3 is 5.97 Å². The highest BCUT2D eigenvalue weighted by Crippen LogP contribution is 2.22. The first kappa shape index (κ1) is 19.2. The number of carbonyl (C=O) groups is 2. The summed E-state index contributed by atoms with van der Waals surface area (Å²) in [6, 6.07) is 8.56. The monoisotopic (exact) mass is 386 g/mol. The molecule has 7 nitrogen and oxygen atoms in total. The molecule has 0 atom stereocenters. The summed E-state index contributed by atoms with van der Waals surface area (Å²) in [6.45, 7) is 4.12. The Morgan fingerprint density at radius 2 is 1.93 bits per heavy atom. The van der Waals surface area contributed by atoms with Crippen LogP contribution >= 0.6 is 11.8 Å². The van der Waals surface area contributed by atoms with Gasteiger partial charge in [0, 0.05) is 24.8 Å². The maximum atomic E-state index is 12.2. The number of anilines is 2. The van der Waals surface area contributed by atoms with Crippen molar-refractivity contribution in [1.82, 2.24) is 9.97 Å². The number of hydrogen-bond acceptors (Lipinski definition) is 7. The lowest BCUT2D eigenvalue weighted by Gasteiger charge is -2.16. The molecule has 2 heterocycles. The molecule has 8 heteroatoms. The zero-order valence-electron chi connectivity index (χ0n) is 15.2. The maximum absolute atomic E-state index is 12.2. The second kappa shape index (κ2) is 9.36. The first-order valence-corrected chi connectivity index (χ1v) is 9.91. The predicted molar refractivity (Wildman–Crippen MR) is 105 cm³/mol. The quantitative estimate of drug-likeness (QED) is 0.445. The van der Waals surface area contributed by atoms with Gasteiger partial charge in [0.25, 0.3) is 0 Å². The highest BCUT2D eigenvalue weighted by molar-refractivity contribution is 7.99. The molecule has 1 aromatic heterocycles. The minimum absolute atomic E-state index is 0.134. The van der Waals surface area contributed by atoms with Gasteiger partial charge in [-0.2, -0.15) is 0 Å². The molecule has 0 radical (unpaired) electrons. The number of rotatable bonds is 7. The zero-order valence-corrected chi connectivity index (χ0v) is 16.0. The Kier molecular flexibility index (Phi) is 6.64. The van der Waals surface area contributed by atoms with Crippen molar-refractivity contribution >= 4 is 35.1 Å². The molecule has 142 valence electrons. The zero-order chi connectivity index (χ0) is 19.1.